The fourth-order valence-electron chi connectivity index (χ4n) is 6.68. The molecule has 0 bridgehead atoms. The van der Waals surface area contributed by atoms with Crippen LogP contribution in [0.3, 0.4) is 0 Å². The zero-order valence-electron chi connectivity index (χ0n) is 19.2. The Bertz CT molecular complexity index is 952. The SMILES string of the molecule is Cc1cccc(O)c1C(=O)C[C@]1(C)CCC[C@]2(C)c3ccc(C(C)C)cc3CC[C@@H]12. The minimum atomic E-state index is -0.0345. The third-order valence-corrected chi connectivity index (χ3v) is 8.26. The molecule has 2 aromatic carbocycles. The monoisotopic (exact) mass is 404 g/mol. The molecule has 2 aliphatic rings. The molecule has 2 nitrogen and oxygen atoms in total. The summed E-state index contributed by atoms with van der Waals surface area (Å²) in [6.45, 7) is 11.2. The molecule has 1 N–H and O–H groups in total. The Morgan fingerprint density at radius 1 is 1.17 bits per heavy atom. The highest BCUT2D eigenvalue weighted by molar-refractivity contribution is 6.00. The van der Waals surface area contributed by atoms with Gasteiger partial charge in [-0.2, -0.15) is 0 Å². The van der Waals surface area contributed by atoms with E-state index in [1.807, 2.05) is 19.1 Å². The van der Waals surface area contributed by atoms with Gasteiger partial charge in [-0.15, -0.1) is 0 Å². The summed E-state index contributed by atoms with van der Waals surface area (Å²) < 4.78 is 0. The van der Waals surface area contributed by atoms with Gasteiger partial charge < -0.3 is 5.11 Å². The number of benzene rings is 2. The molecule has 1 fully saturated rings. The van der Waals surface area contributed by atoms with Crippen LogP contribution < -0.4 is 0 Å². The number of phenolic OH excluding ortho intramolecular Hbond substituents is 1. The molecule has 0 saturated heterocycles. The van der Waals surface area contributed by atoms with Crippen molar-refractivity contribution in [3.63, 3.8) is 0 Å². The Labute approximate surface area is 181 Å². The van der Waals surface area contributed by atoms with Gasteiger partial charge in [-0.05, 0) is 83.6 Å². The Morgan fingerprint density at radius 2 is 1.93 bits per heavy atom. The number of aromatic hydroxyl groups is 1. The van der Waals surface area contributed by atoms with Crippen LogP contribution in [0.25, 0.3) is 0 Å². The van der Waals surface area contributed by atoms with Crippen LogP contribution in [0.1, 0.15) is 98.3 Å². The van der Waals surface area contributed by atoms with Crippen molar-refractivity contribution in [2.75, 3.05) is 0 Å². The van der Waals surface area contributed by atoms with Gasteiger partial charge in [-0.1, -0.05) is 64.4 Å². The van der Waals surface area contributed by atoms with Crippen LogP contribution in [0.2, 0.25) is 0 Å². The van der Waals surface area contributed by atoms with E-state index in [-0.39, 0.29) is 22.4 Å². The van der Waals surface area contributed by atoms with E-state index in [2.05, 4.69) is 45.9 Å². The van der Waals surface area contributed by atoms with Crippen LogP contribution in [-0.2, 0) is 11.8 Å². The summed E-state index contributed by atoms with van der Waals surface area (Å²) in [4.78, 5) is 13.3. The van der Waals surface area contributed by atoms with Crippen LogP contribution in [-0.4, -0.2) is 10.9 Å². The molecule has 2 heteroatoms. The molecule has 0 aromatic heterocycles. The lowest BCUT2D eigenvalue weighted by atomic mass is 9.48. The van der Waals surface area contributed by atoms with Crippen molar-refractivity contribution in [1.29, 1.82) is 0 Å². The fraction of sp³-hybridized carbons (Fsp3) is 0.536. The smallest absolute Gasteiger partial charge is 0.167 e. The van der Waals surface area contributed by atoms with Crippen molar-refractivity contribution in [3.05, 3.63) is 64.2 Å². The average molecular weight is 405 g/mol. The van der Waals surface area contributed by atoms with Gasteiger partial charge in [0.15, 0.2) is 5.78 Å². The summed E-state index contributed by atoms with van der Waals surface area (Å²) in [7, 11) is 0. The van der Waals surface area contributed by atoms with Gasteiger partial charge in [-0.25, -0.2) is 0 Å². The molecule has 3 atom stereocenters. The van der Waals surface area contributed by atoms with Gasteiger partial charge in [0.1, 0.15) is 5.75 Å². The maximum Gasteiger partial charge on any atom is 0.167 e. The van der Waals surface area contributed by atoms with Crippen molar-refractivity contribution < 1.29 is 9.90 Å². The van der Waals surface area contributed by atoms with E-state index in [0.717, 1.165) is 31.2 Å². The Balaban J connectivity index is 1.67. The largest absolute Gasteiger partial charge is 0.507 e. The number of carbonyl (C=O) groups is 1. The molecule has 2 aromatic rings. The van der Waals surface area contributed by atoms with Crippen molar-refractivity contribution >= 4 is 5.78 Å². The summed E-state index contributed by atoms with van der Waals surface area (Å²) in [5.74, 6) is 1.26. The van der Waals surface area contributed by atoms with Crippen LogP contribution in [0.4, 0.5) is 0 Å². The van der Waals surface area contributed by atoms with Gasteiger partial charge in [0.25, 0.3) is 0 Å². The molecule has 160 valence electrons. The highest BCUT2D eigenvalue weighted by Crippen LogP contribution is 2.58. The third-order valence-electron chi connectivity index (χ3n) is 8.26. The number of fused-ring (bicyclic) bond motifs is 3. The number of rotatable bonds is 4. The molecule has 0 aliphatic heterocycles. The maximum atomic E-state index is 13.3. The molecule has 0 spiro atoms. The maximum absolute atomic E-state index is 13.3. The molecule has 0 amide bonds. The number of hydrogen-bond donors (Lipinski definition) is 1. The van der Waals surface area contributed by atoms with E-state index in [1.165, 1.54) is 23.1 Å². The van der Waals surface area contributed by atoms with Gasteiger partial charge in [0, 0.05) is 6.42 Å². The van der Waals surface area contributed by atoms with E-state index in [0.29, 0.717) is 23.8 Å². The number of Topliss-reactive ketones (excluding diaryl/α,β-unsaturated/α-hetero) is 1. The second-order valence-corrected chi connectivity index (χ2v) is 10.7. The molecular formula is C28H36O2. The Hall–Kier alpha value is -2.09. The summed E-state index contributed by atoms with van der Waals surface area (Å²) in [6, 6.07) is 12.5. The summed E-state index contributed by atoms with van der Waals surface area (Å²) in [5.41, 5.74) is 5.95. The van der Waals surface area contributed by atoms with Gasteiger partial charge in [-0.3, -0.25) is 4.79 Å². The van der Waals surface area contributed by atoms with Gasteiger partial charge in [0.05, 0.1) is 5.56 Å². The predicted octanol–water partition coefficient (Wildman–Crippen LogP) is 7.11. The number of aryl methyl sites for hydroxylation is 2. The molecular weight excluding hydrogens is 368 g/mol. The lowest BCUT2D eigenvalue weighted by Crippen LogP contribution is -2.49. The van der Waals surface area contributed by atoms with E-state index in [9.17, 15) is 9.90 Å². The van der Waals surface area contributed by atoms with Crippen LogP contribution >= 0.6 is 0 Å². The number of hydrogen-bond acceptors (Lipinski definition) is 2. The van der Waals surface area contributed by atoms with Crippen molar-refractivity contribution in [2.24, 2.45) is 11.3 Å². The highest BCUT2D eigenvalue weighted by atomic mass is 16.3. The first-order valence-electron chi connectivity index (χ1n) is 11.6. The van der Waals surface area contributed by atoms with Gasteiger partial charge in [0.2, 0.25) is 0 Å². The van der Waals surface area contributed by atoms with E-state index in [1.54, 1.807) is 6.07 Å². The lowest BCUT2D eigenvalue weighted by Gasteiger charge is -2.55. The highest BCUT2D eigenvalue weighted by Gasteiger charge is 2.52. The second kappa shape index (κ2) is 7.55. The first-order valence-corrected chi connectivity index (χ1v) is 11.6. The first-order chi connectivity index (χ1) is 14.2. The van der Waals surface area contributed by atoms with Crippen molar-refractivity contribution in [2.45, 2.75) is 84.5 Å². The van der Waals surface area contributed by atoms with E-state index >= 15 is 0 Å². The quantitative estimate of drug-likeness (QED) is 0.551. The molecule has 1 saturated carbocycles. The number of carbonyl (C=O) groups excluding carboxylic acids is 1. The summed E-state index contributed by atoms with van der Waals surface area (Å²) in [6.07, 6.45) is 6.22. The second-order valence-electron chi connectivity index (χ2n) is 10.7. The standard InChI is InChI=1S/C28H36O2/c1-18(2)20-10-12-22-21(16-20)11-13-25-27(4,14-7-15-28(22,25)5)17-24(30)26-19(3)8-6-9-23(26)29/h6,8-10,12,16,18,25,29H,7,11,13-15,17H2,1-5H3/t25-,27-,28+/m0/s1. The molecule has 4 rings (SSSR count). The minimum absolute atomic E-state index is 0.0345. The molecule has 2 aliphatic carbocycles. The molecule has 0 heterocycles. The summed E-state index contributed by atoms with van der Waals surface area (Å²) >= 11 is 0. The van der Waals surface area contributed by atoms with E-state index in [4.69, 9.17) is 0 Å². The topological polar surface area (TPSA) is 37.3 Å². The Morgan fingerprint density at radius 3 is 2.63 bits per heavy atom. The van der Waals surface area contributed by atoms with Crippen molar-refractivity contribution in [1.82, 2.24) is 0 Å². The van der Waals surface area contributed by atoms with Crippen LogP contribution in [0.15, 0.2) is 36.4 Å². The van der Waals surface area contributed by atoms with Crippen LogP contribution in [0.5, 0.6) is 5.75 Å². The lowest BCUT2D eigenvalue weighted by molar-refractivity contribution is 0.0198. The minimum Gasteiger partial charge on any atom is -0.507 e. The first kappa shape index (κ1) is 21.2. The normalized spacial score (nSPS) is 28.1. The average Bonchev–Trinajstić information content (AvgIpc) is 2.67. The zero-order valence-corrected chi connectivity index (χ0v) is 19.2. The number of phenols is 1. The summed E-state index contributed by atoms with van der Waals surface area (Å²) in [5, 5.41) is 10.3. The fourth-order valence-corrected chi connectivity index (χ4v) is 6.68. The Kier molecular flexibility index (Phi) is 5.33. The number of ketones is 1. The zero-order chi connectivity index (χ0) is 21.7. The van der Waals surface area contributed by atoms with Crippen LogP contribution in [0, 0.1) is 18.3 Å². The van der Waals surface area contributed by atoms with Crippen molar-refractivity contribution in [3.8, 4) is 5.75 Å². The molecule has 30 heavy (non-hydrogen) atoms. The van der Waals surface area contributed by atoms with Gasteiger partial charge >= 0.3 is 0 Å². The molecule has 0 unspecified atom stereocenters. The van der Waals surface area contributed by atoms with E-state index < -0.39 is 0 Å². The predicted molar refractivity (Wildman–Crippen MR) is 123 cm³/mol. The molecule has 0 radical (unpaired) electrons. The third kappa shape index (κ3) is 3.39.